The number of benzene rings is 1. The second kappa shape index (κ2) is 10.5. The summed E-state index contributed by atoms with van der Waals surface area (Å²) in [5.74, 6) is 0.620. The summed E-state index contributed by atoms with van der Waals surface area (Å²) in [7, 11) is -1.55. The van der Waals surface area contributed by atoms with Crippen molar-refractivity contribution < 1.29 is 17.9 Å². The Balaban J connectivity index is 2.67. The van der Waals surface area contributed by atoms with Gasteiger partial charge in [-0.25, -0.2) is 18.2 Å². The first-order chi connectivity index (χ1) is 13.3. The van der Waals surface area contributed by atoms with Gasteiger partial charge in [-0.3, -0.25) is 0 Å². The van der Waals surface area contributed by atoms with Gasteiger partial charge in [0, 0.05) is 32.9 Å². The van der Waals surface area contributed by atoms with Gasteiger partial charge in [0.2, 0.25) is 0 Å². The minimum Gasteiger partial charge on any atom is -0.444 e. The predicted molar refractivity (Wildman–Crippen MR) is 116 cm³/mol. The monoisotopic (exact) mass is 426 g/mol. The van der Waals surface area contributed by atoms with Crippen LogP contribution in [0.4, 0.5) is 4.79 Å². The lowest BCUT2D eigenvalue weighted by Gasteiger charge is -2.24. The van der Waals surface area contributed by atoms with Crippen LogP contribution in [-0.2, 0) is 21.1 Å². The van der Waals surface area contributed by atoms with Gasteiger partial charge in [-0.15, -0.1) is 0 Å². The van der Waals surface area contributed by atoms with Gasteiger partial charge in [-0.2, -0.15) is 0 Å². The first-order valence-corrected chi connectivity index (χ1v) is 11.5. The van der Waals surface area contributed by atoms with Crippen LogP contribution in [-0.4, -0.2) is 63.9 Å². The third kappa shape index (κ3) is 9.17. The van der Waals surface area contributed by atoms with Crippen molar-refractivity contribution in [3.63, 3.8) is 0 Å². The van der Waals surface area contributed by atoms with Gasteiger partial charge in [0.15, 0.2) is 15.8 Å². The Kier molecular flexibility index (Phi) is 8.94. The van der Waals surface area contributed by atoms with E-state index in [1.165, 1.54) is 11.2 Å². The molecule has 0 aromatic heterocycles. The summed E-state index contributed by atoms with van der Waals surface area (Å²) in [4.78, 5) is 18.4. The molecule has 164 valence electrons. The summed E-state index contributed by atoms with van der Waals surface area (Å²) < 4.78 is 28.8. The van der Waals surface area contributed by atoms with Crippen LogP contribution in [0.25, 0.3) is 0 Å². The smallest absolute Gasteiger partial charge is 0.410 e. The molecular formula is C20H34N4O4S. The number of rotatable bonds is 7. The highest BCUT2D eigenvalue weighted by Crippen LogP contribution is 2.17. The molecule has 1 aromatic carbocycles. The van der Waals surface area contributed by atoms with Gasteiger partial charge < -0.3 is 20.3 Å². The highest BCUT2D eigenvalue weighted by molar-refractivity contribution is 7.90. The Morgan fingerprint density at radius 2 is 1.90 bits per heavy atom. The number of ether oxygens (including phenoxy) is 1. The van der Waals surface area contributed by atoms with E-state index in [-0.39, 0.29) is 6.09 Å². The maximum Gasteiger partial charge on any atom is 0.410 e. The fraction of sp³-hybridized carbons (Fsp3) is 0.600. The number of nitrogens with zero attached hydrogens (tertiary/aromatic N) is 2. The minimum atomic E-state index is -3.23. The number of nitrogens with one attached hydrogen (secondary N) is 2. The first kappa shape index (κ1) is 24.7. The van der Waals surface area contributed by atoms with E-state index in [2.05, 4.69) is 15.6 Å². The molecule has 0 aliphatic heterocycles. The zero-order chi connectivity index (χ0) is 22.2. The zero-order valence-corrected chi connectivity index (χ0v) is 19.3. The molecule has 0 bridgehead atoms. The van der Waals surface area contributed by atoms with Crippen LogP contribution in [0.5, 0.6) is 0 Å². The predicted octanol–water partition coefficient (Wildman–Crippen LogP) is 2.32. The number of carbonyl (C=O) groups excluding carboxylic acids is 1. The van der Waals surface area contributed by atoms with Crippen LogP contribution >= 0.6 is 0 Å². The van der Waals surface area contributed by atoms with Crippen molar-refractivity contribution in [3.05, 3.63) is 29.3 Å². The number of likely N-dealkylation sites (N-methyl/N-ethyl adjacent to an activating group) is 1. The van der Waals surface area contributed by atoms with Gasteiger partial charge in [0.1, 0.15) is 5.60 Å². The number of hydrogen-bond donors (Lipinski definition) is 2. The van der Waals surface area contributed by atoms with Crippen molar-refractivity contribution in [2.45, 2.75) is 51.7 Å². The Labute approximate surface area is 174 Å². The summed E-state index contributed by atoms with van der Waals surface area (Å²) in [6.45, 7) is 11.3. The largest absolute Gasteiger partial charge is 0.444 e. The number of carbonyl (C=O) groups is 1. The van der Waals surface area contributed by atoms with E-state index in [1.54, 1.807) is 26.1 Å². The van der Waals surface area contributed by atoms with Gasteiger partial charge in [0.05, 0.1) is 11.4 Å². The molecule has 1 amide bonds. The van der Waals surface area contributed by atoms with Gasteiger partial charge >= 0.3 is 6.09 Å². The lowest BCUT2D eigenvalue weighted by atomic mass is 10.1. The maximum absolute atomic E-state index is 12.0. The fourth-order valence-corrected chi connectivity index (χ4v) is 3.47. The molecule has 0 aliphatic rings. The van der Waals surface area contributed by atoms with Crippen LogP contribution in [0, 0.1) is 6.92 Å². The Hall–Kier alpha value is -2.29. The summed E-state index contributed by atoms with van der Waals surface area (Å²) in [5.41, 5.74) is 1.09. The van der Waals surface area contributed by atoms with Crippen molar-refractivity contribution in [2.75, 3.05) is 32.9 Å². The van der Waals surface area contributed by atoms with Crippen LogP contribution in [0.3, 0.4) is 0 Å². The Morgan fingerprint density at radius 1 is 1.24 bits per heavy atom. The number of aryl methyl sites for hydroxylation is 1. The lowest BCUT2D eigenvalue weighted by Crippen LogP contribution is -2.43. The van der Waals surface area contributed by atoms with Crippen LogP contribution in [0.2, 0.25) is 0 Å². The van der Waals surface area contributed by atoms with E-state index < -0.39 is 15.4 Å². The number of guanidine groups is 1. The average molecular weight is 427 g/mol. The van der Waals surface area contributed by atoms with E-state index in [0.29, 0.717) is 42.6 Å². The average Bonchev–Trinajstić information content (AvgIpc) is 2.56. The van der Waals surface area contributed by atoms with E-state index >= 15 is 0 Å². The van der Waals surface area contributed by atoms with Gasteiger partial charge in [-0.05, 0) is 51.8 Å². The molecule has 0 saturated carbocycles. The van der Waals surface area contributed by atoms with Crippen molar-refractivity contribution in [2.24, 2.45) is 4.99 Å². The standard InChI is InChI=1S/C20H34N4O4S/c1-8-21-18(22-11-12-24(6)19(25)28-20(3,4)5)23-14-16-9-10-17(15(2)13-16)29(7,26)27/h9-10,13H,8,11-12,14H2,1-7H3,(H2,21,22,23). The summed E-state index contributed by atoms with van der Waals surface area (Å²) in [6, 6.07) is 5.22. The minimum absolute atomic E-state index is 0.334. The van der Waals surface area contributed by atoms with E-state index in [0.717, 1.165) is 5.56 Å². The summed E-state index contributed by atoms with van der Waals surface area (Å²) in [6.07, 6.45) is 0.831. The summed E-state index contributed by atoms with van der Waals surface area (Å²) >= 11 is 0. The molecule has 0 atom stereocenters. The van der Waals surface area contributed by atoms with Crippen molar-refractivity contribution in [1.29, 1.82) is 0 Å². The molecule has 0 fully saturated rings. The molecule has 8 nitrogen and oxygen atoms in total. The zero-order valence-electron chi connectivity index (χ0n) is 18.5. The highest BCUT2D eigenvalue weighted by Gasteiger charge is 2.19. The second-order valence-corrected chi connectivity index (χ2v) is 9.88. The van der Waals surface area contributed by atoms with Crippen LogP contribution in [0.15, 0.2) is 28.1 Å². The Bertz CT molecular complexity index is 829. The third-order valence-corrected chi connectivity index (χ3v) is 5.10. The molecule has 0 aliphatic carbocycles. The first-order valence-electron chi connectivity index (χ1n) is 9.59. The molecular weight excluding hydrogens is 392 g/mol. The molecule has 1 rings (SSSR count). The van der Waals surface area contributed by atoms with Crippen molar-refractivity contribution >= 4 is 21.9 Å². The number of sulfone groups is 1. The normalized spacial score (nSPS) is 12.4. The van der Waals surface area contributed by atoms with E-state index in [9.17, 15) is 13.2 Å². The van der Waals surface area contributed by atoms with Gasteiger partial charge in [-0.1, -0.05) is 12.1 Å². The van der Waals surface area contributed by atoms with E-state index in [1.807, 2.05) is 33.8 Å². The molecule has 29 heavy (non-hydrogen) atoms. The lowest BCUT2D eigenvalue weighted by molar-refractivity contribution is 0.0302. The SMILES string of the molecule is CCNC(=NCc1ccc(S(C)(=O)=O)c(C)c1)NCCN(C)C(=O)OC(C)(C)C. The topological polar surface area (TPSA) is 100 Å². The highest BCUT2D eigenvalue weighted by atomic mass is 32.2. The molecule has 0 unspecified atom stereocenters. The molecule has 9 heteroatoms. The van der Waals surface area contributed by atoms with E-state index in [4.69, 9.17) is 4.74 Å². The molecule has 0 radical (unpaired) electrons. The van der Waals surface area contributed by atoms with Crippen LogP contribution in [0.1, 0.15) is 38.8 Å². The maximum atomic E-state index is 12.0. The molecule has 0 spiro atoms. The number of aliphatic imine (C=N–C) groups is 1. The number of amides is 1. The molecule has 2 N–H and O–H groups in total. The van der Waals surface area contributed by atoms with Crippen LogP contribution < -0.4 is 10.6 Å². The van der Waals surface area contributed by atoms with Crippen molar-refractivity contribution in [3.8, 4) is 0 Å². The van der Waals surface area contributed by atoms with Gasteiger partial charge in [0.25, 0.3) is 0 Å². The second-order valence-electron chi connectivity index (χ2n) is 7.90. The third-order valence-electron chi connectivity index (χ3n) is 3.85. The number of hydrogen-bond acceptors (Lipinski definition) is 5. The molecule has 1 aromatic rings. The summed E-state index contributed by atoms with van der Waals surface area (Å²) in [5, 5.41) is 6.34. The molecule has 0 saturated heterocycles. The fourth-order valence-electron chi connectivity index (χ4n) is 2.51. The van der Waals surface area contributed by atoms with Crippen molar-refractivity contribution in [1.82, 2.24) is 15.5 Å². The molecule has 0 heterocycles. The quantitative estimate of drug-likeness (QED) is 0.513. The Morgan fingerprint density at radius 3 is 2.41 bits per heavy atom.